The first-order valence-corrected chi connectivity index (χ1v) is 8.98. The van der Waals surface area contributed by atoms with Crippen molar-refractivity contribution in [3.05, 3.63) is 24.3 Å². The number of halogens is 1. The lowest BCUT2D eigenvalue weighted by Gasteiger charge is -2.37. The summed E-state index contributed by atoms with van der Waals surface area (Å²) < 4.78 is 5.31. The SMILES string of the molecule is CN=C(NCC(=O)NC(C)(C)C)N1CCN(c2cccc(OC)c2)CC1.I. The fourth-order valence-electron chi connectivity index (χ4n) is 2.94. The van der Waals surface area contributed by atoms with Crippen molar-refractivity contribution in [3.8, 4) is 5.75 Å². The number of carbonyl (C=O) groups excluding carboxylic acids is 1. The van der Waals surface area contributed by atoms with Crippen LogP contribution < -0.4 is 20.3 Å². The summed E-state index contributed by atoms with van der Waals surface area (Å²) >= 11 is 0. The Hall–Kier alpha value is -1.71. The van der Waals surface area contributed by atoms with E-state index in [4.69, 9.17) is 4.74 Å². The van der Waals surface area contributed by atoms with E-state index in [9.17, 15) is 4.79 Å². The summed E-state index contributed by atoms with van der Waals surface area (Å²) in [5.41, 5.74) is 0.932. The van der Waals surface area contributed by atoms with Gasteiger partial charge in [0.15, 0.2) is 5.96 Å². The van der Waals surface area contributed by atoms with Gasteiger partial charge in [-0.2, -0.15) is 0 Å². The third-order valence-corrected chi connectivity index (χ3v) is 4.13. The molecular formula is C19H32IN5O2. The number of ether oxygens (including phenoxy) is 1. The van der Waals surface area contributed by atoms with Crippen LogP contribution in [0.5, 0.6) is 5.75 Å². The van der Waals surface area contributed by atoms with E-state index >= 15 is 0 Å². The Kier molecular flexibility index (Phi) is 9.14. The van der Waals surface area contributed by atoms with E-state index in [0.29, 0.717) is 0 Å². The molecule has 1 aromatic carbocycles. The van der Waals surface area contributed by atoms with Gasteiger partial charge in [0.05, 0.1) is 13.7 Å². The second-order valence-electron chi connectivity index (χ2n) is 7.37. The van der Waals surface area contributed by atoms with Crippen LogP contribution in [0, 0.1) is 0 Å². The number of methoxy groups -OCH3 is 1. The van der Waals surface area contributed by atoms with Gasteiger partial charge in [-0.25, -0.2) is 0 Å². The molecule has 7 nitrogen and oxygen atoms in total. The van der Waals surface area contributed by atoms with Crippen LogP contribution in [0.2, 0.25) is 0 Å². The van der Waals surface area contributed by atoms with E-state index in [1.807, 2.05) is 32.9 Å². The van der Waals surface area contributed by atoms with Gasteiger partial charge in [0.25, 0.3) is 0 Å². The highest BCUT2D eigenvalue weighted by Gasteiger charge is 2.21. The monoisotopic (exact) mass is 489 g/mol. The Morgan fingerprint density at radius 2 is 1.89 bits per heavy atom. The number of aliphatic imine (C=N–C) groups is 1. The van der Waals surface area contributed by atoms with Gasteiger partial charge in [-0.05, 0) is 32.9 Å². The molecule has 1 aromatic rings. The van der Waals surface area contributed by atoms with Crippen LogP contribution >= 0.6 is 24.0 Å². The normalized spacial score (nSPS) is 15.1. The Balaban J connectivity index is 0.00000364. The van der Waals surface area contributed by atoms with Gasteiger partial charge >= 0.3 is 0 Å². The number of benzene rings is 1. The largest absolute Gasteiger partial charge is 0.497 e. The summed E-state index contributed by atoms with van der Waals surface area (Å²) in [6.07, 6.45) is 0. The first-order valence-electron chi connectivity index (χ1n) is 8.98. The van der Waals surface area contributed by atoms with Crippen molar-refractivity contribution < 1.29 is 9.53 Å². The summed E-state index contributed by atoms with van der Waals surface area (Å²) in [7, 11) is 3.43. The minimum absolute atomic E-state index is 0. The van der Waals surface area contributed by atoms with Gasteiger partial charge in [0, 0.05) is 50.5 Å². The van der Waals surface area contributed by atoms with E-state index in [-0.39, 0.29) is 42.0 Å². The lowest BCUT2D eigenvalue weighted by molar-refractivity contribution is -0.121. The zero-order valence-electron chi connectivity index (χ0n) is 16.9. The summed E-state index contributed by atoms with van der Waals surface area (Å²) in [6, 6.07) is 8.12. The van der Waals surface area contributed by atoms with E-state index < -0.39 is 0 Å². The standard InChI is InChI=1S/C19H31N5O2.HI/c1-19(2,3)22-17(25)14-21-18(20-4)24-11-9-23(10-12-24)15-7-6-8-16(13-15)26-5;/h6-8,13H,9-12,14H2,1-5H3,(H,20,21)(H,22,25);1H. The average Bonchev–Trinajstić information content (AvgIpc) is 2.61. The molecule has 1 aliphatic heterocycles. The number of hydrogen-bond acceptors (Lipinski definition) is 4. The number of piperazine rings is 1. The van der Waals surface area contributed by atoms with Crippen LogP contribution in [0.25, 0.3) is 0 Å². The van der Waals surface area contributed by atoms with Gasteiger partial charge in [-0.15, -0.1) is 24.0 Å². The summed E-state index contributed by atoms with van der Waals surface area (Å²) in [5, 5.41) is 6.11. The van der Waals surface area contributed by atoms with Gasteiger partial charge in [0.1, 0.15) is 5.75 Å². The molecule has 0 aliphatic carbocycles. The van der Waals surface area contributed by atoms with Crippen molar-refractivity contribution in [2.45, 2.75) is 26.3 Å². The number of guanidine groups is 1. The molecule has 8 heteroatoms. The zero-order chi connectivity index (χ0) is 19.2. The van der Waals surface area contributed by atoms with Crippen molar-refractivity contribution in [2.75, 3.05) is 51.8 Å². The van der Waals surface area contributed by atoms with E-state index in [2.05, 4.69) is 37.6 Å². The van der Waals surface area contributed by atoms with Crippen molar-refractivity contribution >= 4 is 41.5 Å². The number of amides is 1. The minimum Gasteiger partial charge on any atom is -0.497 e. The van der Waals surface area contributed by atoms with Gasteiger partial charge in [-0.1, -0.05) is 6.07 Å². The first-order chi connectivity index (χ1) is 12.3. The molecule has 0 atom stereocenters. The zero-order valence-corrected chi connectivity index (χ0v) is 19.2. The molecule has 0 aromatic heterocycles. The Morgan fingerprint density at radius 3 is 2.44 bits per heavy atom. The number of nitrogens with zero attached hydrogens (tertiary/aromatic N) is 3. The van der Waals surface area contributed by atoms with Crippen LogP contribution in [-0.4, -0.2) is 69.2 Å². The number of rotatable bonds is 4. The topological polar surface area (TPSA) is 69.2 Å². The molecule has 0 unspecified atom stereocenters. The second kappa shape index (κ2) is 10.6. The highest BCUT2D eigenvalue weighted by atomic mass is 127. The Morgan fingerprint density at radius 1 is 1.22 bits per heavy atom. The number of anilines is 1. The molecule has 2 rings (SSSR count). The third kappa shape index (κ3) is 7.43. The minimum atomic E-state index is -0.231. The molecule has 1 amide bonds. The molecule has 1 saturated heterocycles. The van der Waals surface area contributed by atoms with Crippen molar-refractivity contribution in [1.82, 2.24) is 15.5 Å². The molecule has 0 saturated carbocycles. The number of nitrogens with one attached hydrogen (secondary N) is 2. The van der Waals surface area contributed by atoms with E-state index in [1.165, 1.54) is 0 Å². The second-order valence-corrected chi connectivity index (χ2v) is 7.37. The maximum absolute atomic E-state index is 12.0. The molecule has 27 heavy (non-hydrogen) atoms. The van der Waals surface area contributed by atoms with Crippen LogP contribution in [0.4, 0.5) is 5.69 Å². The highest BCUT2D eigenvalue weighted by molar-refractivity contribution is 14.0. The van der Waals surface area contributed by atoms with Crippen LogP contribution in [-0.2, 0) is 4.79 Å². The Bertz CT molecular complexity index is 637. The van der Waals surface area contributed by atoms with Gasteiger partial charge in [0.2, 0.25) is 5.91 Å². The molecule has 0 bridgehead atoms. The molecule has 1 fully saturated rings. The van der Waals surface area contributed by atoms with Crippen molar-refractivity contribution in [1.29, 1.82) is 0 Å². The molecule has 0 spiro atoms. The average molecular weight is 489 g/mol. The van der Waals surface area contributed by atoms with Gasteiger partial charge in [-0.3, -0.25) is 9.79 Å². The summed E-state index contributed by atoms with van der Waals surface area (Å²) in [6.45, 7) is 9.60. The maximum atomic E-state index is 12.0. The third-order valence-electron chi connectivity index (χ3n) is 4.13. The lowest BCUT2D eigenvalue weighted by atomic mass is 10.1. The molecule has 1 aliphatic rings. The van der Waals surface area contributed by atoms with Crippen molar-refractivity contribution in [3.63, 3.8) is 0 Å². The molecular weight excluding hydrogens is 457 g/mol. The summed E-state index contributed by atoms with van der Waals surface area (Å²) in [4.78, 5) is 20.8. The predicted molar refractivity (Wildman–Crippen MR) is 121 cm³/mol. The molecule has 1 heterocycles. The fourth-order valence-corrected chi connectivity index (χ4v) is 2.94. The quantitative estimate of drug-likeness (QED) is 0.385. The van der Waals surface area contributed by atoms with Crippen molar-refractivity contribution in [2.24, 2.45) is 4.99 Å². The highest BCUT2D eigenvalue weighted by Crippen LogP contribution is 2.22. The van der Waals surface area contributed by atoms with Crippen LogP contribution in [0.1, 0.15) is 20.8 Å². The van der Waals surface area contributed by atoms with Crippen LogP contribution in [0.3, 0.4) is 0 Å². The van der Waals surface area contributed by atoms with E-state index in [1.54, 1.807) is 14.2 Å². The van der Waals surface area contributed by atoms with Gasteiger partial charge < -0.3 is 25.2 Å². The molecule has 152 valence electrons. The maximum Gasteiger partial charge on any atom is 0.239 e. The summed E-state index contributed by atoms with van der Waals surface area (Å²) in [5.74, 6) is 1.60. The predicted octanol–water partition coefficient (Wildman–Crippen LogP) is 1.93. The molecule has 0 radical (unpaired) electrons. The number of hydrogen-bond donors (Lipinski definition) is 2. The van der Waals surface area contributed by atoms with E-state index in [0.717, 1.165) is 43.6 Å². The fraction of sp³-hybridized carbons (Fsp3) is 0.579. The lowest BCUT2D eigenvalue weighted by Crippen LogP contribution is -2.54. The first kappa shape index (κ1) is 23.3. The smallest absolute Gasteiger partial charge is 0.239 e. The van der Waals surface area contributed by atoms with Crippen LogP contribution in [0.15, 0.2) is 29.3 Å². The Labute approximate surface area is 179 Å². The molecule has 2 N–H and O–H groups in total. The number of carbonyl (C=O) groups is 1.